The molecule has 1 aromatic carbocycles. The molecule has 2 aromatic heterocycles. The van der Waals surface area contributed by atoms with E-state index >= 15 is 0 Å². The van der Waals surface area contributed by atoms with E-state index in [0.717, 1.165) is 29.4 Å². The second-order valence-electron chi connectivity index (χ2n) is 7.60. The molecular weight excluding hydrogens is 396 g/mol. The summed E-state index contributed by atoms with van der Waals surface area (Å²) in [5, 5.41) is 4.20. The van der Waals surface area contributed by atoms with Gasteiger partial charge in [-0.05, 0) is 68.9 Å². The number of benzene rings is 1. The molecule has 1 saturated heterocycles. The van der Waals surface area contributed by atoms with E-state index in [2.05, 4.69) is 52.7 Å². The molecule has 30 heavy (non-hydrogen) atoms. The Morgan fingerprint density at radius 1 is 1.13 bits per heavy atom. The summed E-state index contributed by atoms with van der Waals surface area (Å²) in [5.74, 6) is 1.51. The van der Waals surface area contributed by atoms with Crippen LogP contribution in [0.25, 0.3) is 0 Å². The van der Waals surface area contributed by atoms with E-state index in [1.165, 1.54) is 17.0 Å². The lowest BCUT2D eigenvalue weighted by atomic mass is 9.96. The highest BCUT2D eigenvalue weighted by Crippen LogP contribution is 2.45. The van der Waals surface area contributed by atoms with Crippen molar-refractivity contribution in [1.82, 2.24) is 14.9 Å². The van der Waals surface area contributed by atoms with Crippen LogP contribution in [0, 0.1) is 13.8 Å². The van der Waals surface area contributed by atoms with Gasteiger partial charge in [0.15, 0.2) is 16.6 Å². The molecule has 7 heteroatoms. The van der Waals surface area contributed by atoms with Crippen LogP contribution in [0.1, 0.15) is 41.7 Å². The predicted molar refractivity (Wildman–Crippen MR) is 120 cm³/mol. The molecule has 1 N–H and O–H groups in total. The highest BCUT2D eigenvalue weighted by molar-refractivity contribution is 7.80. The zero-order valence-electron chi connectivity index (χ0n) is 17.3. The maximum absolute atomic E-state index is 5.82. The lowest BCUT2D eigenvalue weighted by Gasteiger charge is -2.28. The maximum atomic E-state index is 5.82. The molecule has 0 aliphatic carbocycles. The van der Waals surface area contributed by atoms with Gasteiger partial charge in [-0.2, -0.15) is 0 Å². The number of fused-ring (bicyclic) bond motifs is 1. The van der Waals surface area contributed by atoms with Crippen LogP contribution >= 0.6 is 12.2 Å². The molecule has 1 fully saturated rings. The van der Waals surface area contributed by atoms with Crippen LogP contribution < -0.4 is 19.7 Å². The van der Waals surface area contributed by atoms with Crippen LogP contribution in [0.2, 0.25) is 0 Å². The largest absolute Gasteiger partial charge is 0.454 e. The molecule has 0 radical (unpaired) electrons. The lowest BCUT2D eigenvalue weighted by Crippen LogP contribution is -2.29. The van der Waals surface area contributed by atoms with Crippen LogP contribution in [0.15, 0.2) is 48.7 Å². The number of aryl methyl sites for hydroxylation is 1. The maximum Gasteiger partial charge on any atom is 0.231 e. The molecule has 2 aliphatic heterocycles. The molecule has 2 aliphatic rings. The van der Waals surface area contributed by atoms with Crippen molar-refractivity contribution in [3.05, 3.63) is 71.3 Å². The van der Waals surface area contributed by atoms with E-state index in [9.17, 15) is 0 Å². The summed E-state index contributed by atoms with van der Waals surface area (Å²) in [4.78, 5) is 6.81. The molecular formula is C23H24N4O2S. The van der Waals surface area contributed by atoms with E-state index in [1.807, 2.05) is 36.5 Å². The number of ether oxygens (including phenoxy) is 2. The highest BCUT2D eigenvalue weighted by atomic mass is 32.1. The van der Waals surface area contributed by atoms with Crippen LogP contribution in [-0.4, -0.2) is 21.5 Å². The third kappa shape index (κ3) is 2.92. The standard InChI is InChI=1S/C23H24N4O2S/c1-4-26-14(2)11-17(15(26)3)22-21(18-7-5-6-10-24-18)25-23(30)27(22)16-8-9-19-20(12-16)29-13-28-19/h5-12,21-22H,4,13H2,1-3H3,(H,25,30)/t21-,22+/m0/s1. The molecule has 0 spiro atoms. The Labute approximate surface area is 181 Å². The number of hydrogen-bond acceptors (Lipinski definition) is 4. The monoisotopic (exact) mass is 420 g/mol. The first-order chi connectivity index (χ1) is 14.6. The van der Waals surface area contributed by atoms with Gasteiger partial charge in [0, 0.05) is 35.9 Å². The fourth-order valence-corrected chi connectivity index (χ4v) is 4.94. The number of anilines is 1. The molecule has 6 nitrogen and oxygen atoms in total. The average Bonchev–Trinajstić information content (AvgIpc) is 3.43. The normalized spacial score (nSPS) is 20.0. The molecule has 154 valence electrons. The highest BCUT2D eigenvalue weighted by Gasteiger charge is 2.42. The molecule has 0 bridgehead atoms. The van der Waals surface area contributed by atoms with Crippen molar-refractivity contribution >= 4 is 23.0 Å². The van der Waals surface area contributed by atoms with Gasteiger partial charge in [0.2, 0.25) is 6.79 Å². The van der Waals surface area contributed by atoms with Crippen molar-refractivity contribution in [1.29, 1.82) is 0 Å². The summed E-state index contributed by atoms with van der Waals surface area (Å²) in [5.41, 5.74) is 5.68. The first-order valence-corrected chi connectivity index (χ1v) is 10.6. The lowest BCUT2D eigenvalue weighted by molar-refractivity contribution is 0.174. The first-order valence-electron chi connectivity index (χ1n) is 10.2. The summed E-state index contributed by atoms with van der Waals surface area (Å²) in [6.45, 7) is 7.69. The number of nitrogens with one attached hydrogen (secondary N) is 1. The van der Waals surface area contributed by atoms with Gasteiger partial charge < -0.3 is 24.3 Å². The van der Waals surface area contributed by atoms with E-state index in [1.54, 1.807) is 0 Å². The SMILES string of the molecule is CCn1c(C)cc([C@@H]2[C@H](c3ccccn3)NC(=S)N2c2ccc3c(c2)OCO3)c1C. The van der Waals surface area contributed by atoms with Gasteiger partial charge in [0.25, 0.3) is 0 Å². The number of hydrogen-bond donors (Lipinski definition) is 1. The first kappa shape index (κ1) is 18.9. The third-order valence-electron chi connectivity index (χ3n) is 5.98. The van der Waals surface area contributed by atoms with Crippen molar-refractivity contribution in [2.45, 2.75) is 39.4 Å². The van der Waals surface area contributed by atoms with Crippen molar-refractivity contribution in [3.63, 3.8) is 0 Å². The Morgan fingerprint density at radius 3 is 2.70 bits per heavy atom. The molecule has 4 heterocycles. The average molecular weight is 421 g/mol. The predicted octanol–water partition coefficient (Wildman–Crippen LogP) is 4.43. The minimum atomic E-state index is -0.0603. The van der Waals surface area contributed by atoms with Crippen LogP contribution in [0.5, 0.6) is 11.5 Å². The molecule has 3 aromatic rings. The van der Waals surface area contributed by atoms with Gasteiger partial charge in [-0.25, -0.2) is 0 Å². The van der Waals surface area contributed by atoms with Gasteiger partial charge in [-0.1, -0.05) is 6.07 Å². The summed E-state index contributed by atoms with van der Waals surface area (Å²) in [6, 6.07) is 14.2. The zero-order chi connectivity index (χ0) is 20.8. The second kappa shape index (κ2) is 7.32. The van der Waals surface area contributed by atoms with E-state index in [-0.39, 0.29) is 18.9 Å². The smallest absolute Gasteiger partial charge is 0.231 e. The molecule has 0 unspecified atom stereocenters. The van der Waals surface area contributed by atoms with Gasteiger partial charge >= 0.3 is 0 Å². The Bertz CT molecular complexity index is 1110. The number of pyridine rings is 1. The van der Waals surface area contributed by atoms with Crippen molar-refractivity contribution in [3.8, 4) is 11.5 Å². The molecule has 5 rings (SSSR count). The van der Waals surface area contributed by atoms with Gasteiger partial charge in [-0.3, -0.25) is 4.98 Å². The van der Waals surface area contributed by atoms with Crippen molar-refractivity contribution in [2.24, 2.45) is 0 Å². The van der Waals surface area contributed by atoms with E-state index < -0.39 is 0 Å². The Hall–Kier alpha value is -3.06. The summed E-state index contributed by atoms with van der Waals surface area (Å²) < 4.78 is 13.5. The Morgan fingerprint density at radius 2 is 1.97 bits per heavy atom. The zero-order valence-corrected chi connectivity index (χ0v) is 18.1. The van der Waals surface area contributed by atoms with Gasteiger partial charge in [0.1, 0.15) is 0 Å². The Balaban J connectivity index is 1.66. The van der Waals surface area contributed by atoms with Crippen LogP contribution in [0.4, 0.5) is 5.69 Å². The quantitative estimate of drug-likeness (QED) is 0.631. The number of rotatable bonds is 4. The molecule has 2 atom stereocenters. The second-order valence-corrected chi connectivity index (χ2v) is 7.99. The van der Waals surface area contributed by atoms with E-state index in [0.29, 0.717) is 5.11 Å². The van der Waals surface area contributed by atoms with Crippen molar-refractivity contribution in [2.75, 3.05) is 11.7 Å². The van der Waals surface area contributed by atoms with Crippen LogP contribution in [0.3, 0.4) is 0 Å². The third-order valence-corrected chi connectivity index (χ3v) is 6.29. The minimum Gasteiger partial charge on any atom is -0.454 e. The number of nitrogens with zero attached hydrogens (tertiary/aromatic N) is 3. The van der Waals surface area contributed by atoms with E-state index in [4.69, 9.17) is 21.7 Å². The number of thiocarbonyl (C=S) groups is 1. The summed E-state index contributed by atoms with van der Waals surface area (Å²) in [7, 11) is 0. The summed E-state index contributed by atoms with van der Waals surface area (Å²) >= 11 is 5.82. The number of aromatic nitrogens is 2. The van der Waals surface area contributed by atoms with Gasteiger partial charge in [0.05, 0.1) is 17.8 Å². The molecule has 0 saturated carbocycles. The van der Waals surface area contributed by atoms with Crippen molar-refractivity contribution < 1.29 is 9.47 Å². The Kier molecular flexibility index (Phi) is 4.62. The van der Waals surface area contributed by atoms with Gasteiger partial charge in [-0.15, -0.1) is 0 Å². The molecule has 0 amide bonds. The topological polar surface area (TPSA) is 51.6 Å². The summed E-state index contributed by atoms with van der Waals surface area (Å²) in [6.07, 6.45) is 1.83. The fraction of sp³-hybridized carbons (Fsp3) is 0.304. The fourth-order valence-electron chi connectivity index (χ4n) is 4.60. The minimum absolute atomic E-state index is 0.0285. The van der Waals surface area contributed by atoms with Crippen LogP contribution in [-0.2, 0) is 6.54 Å².